The molecule has 224 valence electrons. The zero-order valence-electron chi connectivity index (χ0n) is 24.7. The van der Waals surface area contributed by atoms with Crippen molar-refractivity contribution in [2.45, 2.75) is 75.9 Å². The summed E-state index contributed by atoms with van der Waals surface area (Å²) in [6.45, 7) is 3.56. The van der Waals surface area contributed by atoms with E-state index in [1.807, 2.05) is 38.1 Å². The first-order valence-electron chi connectivity index (χ1n) is 14.6. The Hall–Kier alpha value is -3.85. The highest BCUT2D eigenvalue weighted by atomic mass is 32.2. The Labute approximate surface area is 249 Å². The molecule has 1 aliphatic carbocycles. The van der Waals surface area contributed by atoms with E-state index in [-0.39, 0.29) is 23.4 Å². The number of carbonyl (C=O) groups excluding carboxylic acids is 2. The molecule has 4 rings (SSSR count). The Kier molecular flexibility index (Phi) is 10.6. The summed E-state index contributed by atoms with van der Waals surface area (Å²) in [4.78, 5) is 29.5. The maximum atomic E-state index is 14.3. The first kappa shape index (κ1) is 31.1. The molecule has 0 aliphatic heterocycles. The zero-order valence-corrected chi connectivity index (χ0v) is 25.5. The van der Waals surface area contributed by atoms with Gasteiger partial charge in [-0.3, -0.25) is 13.9 Å². The molecule has 9 heteroatoms. The van der Waals surface area contributed by atoms with Gasteiger partial charge >= 0.3 is 0 Å². The molecule has 1 aliphatic rings. The molecule has 0 radical (unpaired) electrons. The van der Waals surface area contributed by atoms with E-state index in [0.717, 1.165) is 41.1 Å². The van der Waals surface area contributed by atoms with Crippen LogP contribution in [0, 0.1) is 6.92 Å². The van der Waals surface area contributed by atoms with Crippen molar-refractivity contribution in [3.8, 4) is 5.75 Å². The van der Waals surface area contributed by atoms with E-state index in [1.54, 1.807) is 42.5 Å². The predicted octanol–water partition coefficient (Wildman–Crippen LogP) is 5.46. The highest BCUT2D eigenvalue weighted by molar-refractivity contribution is 7.92. The summed E-state index contributed by atoms with van der Waals surface area (Å²) in [5.74, 6) is -0.0961. The lowest BCUT2D eigenvalue weighted by Gasteiger charge is -2.34. The van der Waals surface area contributed by atoms with Crippen LogP contribution in [0.5, 0.6) is 5.75 Å². The van der Waals surface area contributed by atoms with Gasteiger partial charge in [0.05, 0.1) is 17.7 Å². The van der Waals surface area contributed by atoms with Gasteiger partial charge in [0.1, 0.15) is 18.3 Å². The number of ether oxygens (including phenoxy) is 1. The van der Waals surface area contributed by atoms with Crippen LogP contribution in [0.1, 0.15) is 56.6 Å². The van der Waals surface area contributed by atoms with Crippen LogP contribution in [0.3, 0.4) is 0 Å². The van der Waals surface area contributed by atoms with Gasteiger partial charge in [0.25, 0.3) is 10.0 Å². The fraction of sp³-hybridized carbons (Fsp3) is 0.394. The van der Waals surface area contributed by atoms with E-state index in [1.165, 1.54) is 30.6 Å². The van der Waals surface area contributed by atoms with Crippen molar-refractivity contribution >= 4 is 27.5 Å². The highest BCUT2D eigenvalue weighted by Gasteiger charge is 2.34. The summed E-state index contributed by atoms with van der Waals surface area (Å²) in [5, 5.41) is 3.18. The number of hydrogen-bond donors (Lipinski definition) is 1. The average molecular weight is 592 g/mol. The summed E-state index contributed by atoms with van der Waals surface area (Å²) in [5.41, 5.74) is 2.21. The Morgan fingerprint density at radius 2 is 1.57 bits per heavy atom. The quantitative estimate of drug-likeness (QED) is 0.302. The monoisotopic (exact) mass is 591 g/mol. The number of sulfonamides is 1. The molecule has 0 unspecified atom stereocenters. The molecule has 8 nitrogen and oxygen atoms in total. The minimum absolute atomic E-state index is 0.0705. The standard InChI is InChI=1S/C33H41N3O5S/c1-4-31(33(38)34-27-15-7-5-8-16-27)35(23-26-14-12-11-13-25(26)2)32(37)24-36(28-19-21-29(41-3)22-20-28)42(39,40)30-17-9-6-10-18-30/h6,9-14,17-22,27,31H,4-5,7-8,15-16,23-24H2,1-3H3,(H,34,38)/t31-/m0/s1. The Morgan fingerprint density at radius 1 is 0.929 bits per heavy atom. The Bertz CT molecular complexity index is 1440. The molecule has 3 aromatic carbocycles. The lowest BCUT2D eigenvalue weighted by Crippen LogP contribution is -2.54. The molecular weight excluding hydrogens is 550 g/mol. The zero-order chi connectivity index (χ0) is 30.1. The molecule has 1 fully saturated rings. The van der Waals surface area contributed by atoms with Crippen LogP contribution in [0.15, 0.2) is 83.8 Å². The molecule has 2 amide bonds. The minimum Gasteiger partial charge on any atom is -0.497 e. The second-order valence-electron chi connectivity index (χ2n) is 10.7. The van der Waals surface area contributed by atoms with Gasteiger partial charge in [-0.05, 0) is 73.7 Å². The number of nitrogens with one attached hydrogen (secondary N) is 1. The molecule has 42 heavy (non-hydrogen) atoms. The van der Waals surface area contributed by atoms with Crippen LogP contribution in [-0.2, 0) is 26.2 Å². The van der Waals surface area contributed by atoms with E-state index in [0.29, 0.717) is 17.9 Å². The van der Waals surface area contributed by atoms with Crippen molar-refractivity contribution in [3.63, 3.8) is 0 Å². The molecular formula is C33H41N3O5S. The number of methoxy groups -OCH3 is 1. The van der Waals surface area contributed by atoms with Crippen molar-refractivity contribution in [2.75, 3.05) is 18.0 Å². The van der Waals surface area contributed by atoms with Crippen molar-refractivity contribution in [1.82, 2.24) is 10.2 Å². The number of anilines is 1. The van der Waals surface area contributed by atoms with Crippen LogP contribution in [0.4, 0.5) is 5.69 Å². The van der Waals surface area contributed by atoms with Crippen LogP contribution in [0.2, 0.25) is 0 Å². The number of nitrogens with zero attached hydrogens (tertiary/aromatic N) is 2. The van der Waals surface area contributed by atoms with Crippen molar-refractivity contribution in [2.24, 2.45) is 0 Å². The van der Waals surface area contributed by atoms with Crippen LogP contribution in [0.25, 0.3) is 0 Å². The lowest BCUT2D eigenvalue weighted by atomic mass is 9.95. The second-order valence-corrected chi connectivity index (χ2v) is 12.6. The summed E-state index contributed by atoms with van der Waals surface area (Å²) in [6, 6.07) is 21.7. The maximum Gasteiger partial charge on any atom is 0.264 e. The predicted molar refractivity (Wildman–Crippen MR) is 165 cm³/mol. The van der Waals surface area contributed by atoms with E-state index in [4.69, 9.17) is 4.74 Å². The van der Waals surface area contributed by atoms with Gasteiger partial charge in [0.2, 0.25) is 11.8 Å². The second kappa shape index (κ2) is 14.4. The number of rotatable bonds is 12. The molecule has 1 atom stereocenters. The molecule has 0 heterocycles. The summed E-state index contributed by atoms with van der Waals surface area (Å²) >= 11 is 0. The van der Waals surface area contributed by atoms with Crippen LogP contribution in [-0.4, -0.2) is 50.9 Å². The molecule has 1 N–H and O–H groups in total. The molecule has 0 bridgehead atoms. The first-order valence-corrected chi connectivity index (χ1v) is 16.0. The van der Waals surface area contributed by atoms with Gasteiger partial charge in [-0.2, -0.15) is 0 Å². The largest absolute Gasteiger partial charge is 0.497 e. The van der Waals surface area contributed by atoms with Gasteiger partial charge < -0.3 is 15.0 Å². The van der Waals surface area contributed by atoms with Gasteiger partial charge in [-0.15, -0.1) is 0 Å². The fourth-order valence-electron chi connectivity index (χ4n) is 5.43. The van der Waals surface area contributed by atoms with E-state index in [9.17, 15) is 18.0 Å². The molecule has 3 aromatic rings. The number of hydrogen-bond acceptors (Lipinski definition) is 5. The number of aryl methyl sites for hydroxylation is 1. The van der Waals surface area contributed by atoms with Crippen molar-refractivity contribution in [3.05, 3.63) is 90.0 Å². The van der Waals surface area contributed by atoms with E-state index >= 15 is 0 Å². The third kappa shape index (κ3) is 7.50. The van der Waals surface area contributed by atoms with Crippen molar-refractivity contribution < 1.29 is 22.7 Å². The Morgan fingerprint density at radius 3 is 2.19 bits per heavy atom. The summed E-state index contributed by atoms with van der Waals surface area (Å²) in [6.07, 6.45) is 5.55. The number of amides is 2. The maximum absolute atomic E-state index is 14.3. The first-order chi connectivity index (χ1) is 20.2. The summed E-state index contributed by atoms with van der Waals surface area (Å²) < 4.78 is 34.3. The van der Waals surface area contributed by atoms with Gasteiger partial charge in [0.15, 0.2) is 0 Å². The fourth-order valence-corrected chi connectivity index (χ4v) is 6.87. The topological polar surface area (TPSA) is 96.0 Å². The molecule has 0 saturated heterocycles. The van der Waals surface area contributed by atoms with E-state index < -0.39 is 28.5 Å². The van der Waals surface area contributed by atoms with Crippen LogP contribution >= 0.6 is 0 Å². The van der Waals surface area contributed by atoms with E-state index in [2.05, 4.69) is 5.32 Å². The van der Waals surface area contributed by atoms with Crippen molar-refractivity contribution in [1.29, 1.82) is 0 Å². The minimum atomic E-state index is -4.11. The average Bonchev–Trinajstić information content (AvgIpc) is 3.01. The normalized spacial score (nSPS) is 14.5. The van der Waals surface area contributed by atoms with Gasteiger partial charge in [0, 0.05) is 12.6 Å². The lowest BCUT2D eigenvalue weighted by molar-refractivity contribution is -0.140. The summed E-state index contributed by atoms with van der Waals surface area (Å²) in [7, 11) is -2.58. The molecule has 1 saturated carbocycles. The van der Waals surface area contributed by atoms with Gasteiger partial charge in [-0.25, -0.2) is 8.42 Å². The Balaban J connectivity index is 1.70. The van der Waals surface area contributed by atoms with Gasteiger partial charge in [-0.1, -0.05) is 68.7 Å². The smallest absolute Gasteiger partial charge is 0.264 e. The van der Waals surface area contributed by atoms with Crippen LogP contribution < -0.4 is 14.4 Å². The molecule has 0 aromatic heterocycles. The number of carbonyl (C=O) groups is 2. The third-order valence-corrected chi connectivity index (χ3v) is 9.70. The molecule has 0 spiro atoms. The number of benzene rings is 3. The third-order valence-electron chi connectivity index (χ3n) is 7.91. The SMILES string of the molecule is CC[C@@H](C(=O)NC1CCCCC1)N(Cc1ccccc1C)C(=O)CN(c1ccc(OC)cc1)S(=O)(=O)c1ccccc1. The highest BCUT2D eigenvalue weighted by Crippen LogP contribution is 2.27.